The lowest BCUT2D eigenvalue weighted by Crippen LogP contribution is -2.49. The van der Waals surface area contributed by atoms with Gasteiger partial charge in [-0.25, -0.2) is 0 Å². The predicted molar refractivity (Wildman–Crippen MR) is 88.3 cm³/mol. The van der Waals surface area contributed by atoms with Crippen LogP contribution in [-0.4, -0.2) is 44.4 Å². The molecule has 2 heterocycles. The smallest absolute Gasteiger partial charge is 0.227 e. The van der Waals surface area contributed by atoms with Crippen molar-refractivity contribution in [1.82, 2.24) is 20.3 Å². The van der Waals surface area contributed by atoms with Crippen LogP contribution in [0, 0.1) is 0 Å². The SMILES string of the molecule is O=C(Cc1ccc2c(c1)CCC2)N1CCCC(O)(c2cn[nH]n2)C1. The number of nitrogens with zero attached hydrogens (tertiary/aromatic N) is 3. The van der Waals surface area contributed by atoms with Crippen LogP contribution in [0.15, 0.2) is 24.4 Å². The molecule has 24 heavy (non-hydrogen) atoms. The number of likely N-dealkylation sites (tertiary alicyclic amines) is 1. The number of β-amino-alcohol motifs (C(OH)–C–C–N with tert-alkyl or cyclic N) is 1. The van der Waals surface area contributed by atoms with Gasteiger partial charge in [-0.15, -0.1) is 0 Å². The van der Waals surface area contributed by atoms with E-state index in [0.717, 1.165) is 24.8 Å². The van der Waals surface area contributed by atoms with Crippen LogP contribution >= 0.6 is 0 Å². The highest BCUT2D eigenvalue weighted by molar-refractivity contribution is 5.79. The first-order chi connectivity index (χ1) is 11.6. The molecular formula is C18H22N4O2. The molecule has 2 N–H and O–H groups in total. The Balaban J connectivity index is 1.46. The third-order valence-electron chi connectivity index (χ3n) is 5.23. The van der Waals surface area contributed by atoms with E-state index < -0.39 is 5.60 Å². The van der Waals surface area contributed by atoms with Gasteiger partial charge in [0.05, 0.1) is 19.2 Å². The molecular weight excluding hydrogens is 304 g/mol. The summed E-state index contributed by atoms with van der Waals surface area (Å²) in [5.74, 6) is 0.0644. The number of fused-ring (bicyclic) bond motifs is 1. The van der Waals surface area contributed by atoms with E-state index in [2.05, 4.69) is 33.6 Å². The van der Waals surface area contributed by atoms with Gasteiger partial charge in [-0.05, 0) is 48.8 Å². The Hall–Kier alpha value is -2.21. The fraction of sp³-hybridized carbons (Fsp3) is 0.500. The maximum Gasteiger partial charge on any atom is 0.227 e. The van der Waals surface area contributed by atoms with Gasteiger partial charge in [0.2, 0.25) is 5.91 Å². The molecule has 1 aliphatic carbocycles. The normalized spacial score (nSPS) is 23.3. The average Bonchev–Trinajstić information content (AvgIpc) is 3.26. The third kappa shape index (κ3) is 2.82. The Labute approximate surface area is 140 Å². The van der Waals surface area contributed by atoms with Gasteiger partial charge in [0.1, 0.15) is 11.3 Å². The Bertz CT molecular complexity index is 743. The molecule has 0 bridgehead atoms. The number of aliphatic hydroxyl groups is 1. The first-order valence-electron chi connectivity index (χ1n) is 8.61. The molecule has 2 aliphatic rings. The standard InChI is InChI=1S/C18H22N4O2/c23-17(10-13-5-6-14-3-1-4-15(14)9-13)22-8-2-7-18(24,12-22)16-11-19-21-20-16/h5-6,9,11,24H,1-4,7-8,10,12H2,(H,19,20,21). The minimum absolute atomic E-state index is 0.0644. The summed E-state index contributed by atoms with van der Waals surface area (Å²) >= 11 is 0. The monoisotopic (exact) mass is 326 g/mol. The van der Waals surface area contributed by atoms with Crippen LogP contribution in [-0.2, 0) is 29.7 Å². The van der Waals surface area contributed by atoms with Crippen molar-refractivity contribution in [1.29, 1.82) is 0 Å². The second-order valence-corrected chi connectivity index (χ2v) is 6.94. The van der Waals surface area contributed by atoms with Crippen molar-refractivity contribution in [2.24, 2.45) is 0 Å². The molecule has 1 amide bonds. The van der Waals surface area contributed by atoms with Crippen LogP contribution in [0.5, 0.6) is 0 Å². The fourth-order valence-electron chi connectivity index (χ4n) is 3.91. The summed E-state index contributed by atoms with van der Waals surface area (Å²) in [6, 6.07) is 6.40. The van der Waals surface area contributed by atoms with E-state index in [9.17, 15) is 9.90 Å². The lowest BCUT2D eigenvalue weighted by molar-refractivity contribution is -0.138. The number of piperidine rings is 1. The van der Waals surface area contributed by atoms with Gasteiger partial charge in [-0.3, -0.25) is 4.79 Å². The number of benzene rings is 1. The van der Waals surface area contributed by atoms with Crippen LogP contribution in [0.2, 0.25) is 0 Å². The zero-order chi connectivity index (χ0) is 16.6. The van der Waals surface area contributed by atoms with E-state index in [-0.39, 0.29) is 12.5 Å². The summed E-state index contributed by atoms with van der Waals surface area (Å²) in [7, 11) is 0. The molecule has 6 heteroatoms. The van der Waals surface area contributed by atoms with Gasteiger partial charge in [0.25, 0.3) is 0 Å². The molecule has 0 saturated carbocycles. The molecule has 1 fully saturated rings. The second-order valence-electron chi connectivity index (χ2n) is 6.94. The van der Waals surface area contributed by atoms with E-state index in [1.54, 1.807) is 4.90 Å². The molecule has 1 saturated heterocycles. The van der Waals surface area contributed by atoms with Gasteiger partial charge >= 0.3 is 0 Å². The number of amides is 1. The molecule has 0 spiro atoms. The summed E-state index contributed by atoms with van der Waals surface area (Å²) in [4.78, 5) is 14.5. The van der Waals surface area contributed by atoms with Crippen LogP contribution in [0.25, 0.3) is 0 Å². The summed E-state index contributed by atoms with van der Waals surface area (Å²) in [6.07, 6.45) is 6.77. The first kappa shape index (κ1) is 15.3. The molecule has 1 aromatic heterocycles. The van der Waals surface area contributed by atoms with E-state index in [1.165, 1.54) is 23.7 Å². The Morgan fingerprint density at radius 1 is 1.29 bits per heavy atom. The number of hydrogen-bond acceptors (Lipinski definition) is 4. The number of aromatic amines is 1. The number of aryl methyl sites for hydroxylation is 2. The van der Waals surface area contributed by atoms with Gasteiger partial charge < -0.3 is 10.0 Å². The van der Waals surface area contributed by atoms with E-state index in [1.807, 2.05) is 0 Å². The Morgan fingerprint density at radius 3 is 3.00 bits per heavy atom. The van der Waals surface area contributed by atoms with Gasteiger partial charge in [-0.1, -0.05) is 18.2 Å². The van der Waals surface area contributed by atoms with Gasteiger partial charge in [0, 0.05) is 6.54 Å². The molecule has 2 aromatic rings. The summed E-state index contributed by atoms with van der Waals surface area (Å²) < 4.78 is 0. The highest BCUT2D eigenvalue weighted by Crippen LogP contribution is 2.30. The highest BCUT2D eigenvalue weighted by atomic mass is 16.3. The van der Waals surface area contributed by atoms with Crippen LogP contribution in [0.3, 0.4) is 0 Å². The number of hydrogen-bond donors (Lipinski definition) is 2. The topological polar surface area (TPSA) is 82.1 Å². The van der Waals surface area contributed by atoms with Crippen molar-refractivity contribution in [3.05, 3.63) is 46.8 Å². The van der Waals surface area contributed by atoms with Crippen molar-refractivity contribution in [3.8, 4) is 0 Å². The molecule has 0 radical (unpaired) electrons. The summed E-state index contributed by atoms with van der Waals surface area (Å²) in [5.41, 5.74) is 3.29. The second kappa shape index (κ2) is 6.02. The van der Waals surface area contributed by atoms with Crippen molar-refractivity contribution >= 4 is 5.91 Å². The molecule has 1 aromatic carbocycles. The van der Waals surface area contributed by atoms with Crippen LogP contribution in [0.1, 0.15) is 41.6 Å². The van der Waals surface area contributed by atoms with Gasteiger partial charge in [-0.2, -0.15) is 15.4 Å². The average molecular weight is 326 g/mol. The zero-order valence-electron chi connectivity index (χ0n) is 13.7. The molecule has 126 valence electrons. The number of H-pyrrole nitrogens is 1. The van der Waals surface area contributed by atoms with Crippen LogP contribution < -0.4 is 0 Å². The molecule has 1 aliphatic heterocycles. The molecule has 4 rings (SSSR count). The Morgan fingerprint density at radius 2 is 2.17 bits per heavy atom. The maximum atomic E-state index is 12.7. The molecule has 6 nitrogen and oxygen atoms in total. The number of rotatable bonds is 3. The van der Waals surface area contributed by atoms with Crippen molar-refractivity contribution in [2.75, 3.05) is 13.1 Å². The maximum absolute atomic E-state index is 12.7. The molecule has 1 unspecified atom stereocenters. The van der Waals surface area contributed by atoms with Crippen molar-refractivity contribution in [2.45, 2.75) is 44.1 Å². The minimum Gasteiger partial charge on any atom is -0.382 e. The highest BCUT2D eigenvalue weighted by Gasteiger charge is 2.38. The first-order valence-corrected chi connectivity index (χ1v) is 8.61. The number of carbonyl (C=O) groups excluding carboxylic acids is 1. The largest absolute Gasteiger partial charge is 0.382 e. The fourth-order valence-corrected chi connectivity index (χ4v) is 3.91. The van der Waals surface area contributed by atoms with Crippen molar-refractivity contribution in [3.63, 3.8) is 0 Å². The lowest BCUT2D eigenvalue weighted by Gasteiger charge is -2.38. The van der Waals surface area contributed by atoms with E-state index in [4.69, 9.17) is 0 Å². The zero-order valence-corrected chi connectivity index (χ0v) is 13.7. The minimum atomic E-state index is -1.10. The third-order valence-corrected chi connectivity index (χ3v) is 5.23. The van der Waals surface area contributed by atoms with Gasteiger partial charge in [0.15, 0.2) is 0 Å². The van der Waals surface area contributed by atoms with E-state index in [0.29, 0.717) is 25.1 Å². The van der Waals surface area contributed by atoms with Crippen molar-refractivity contribution < 1.29 is 9.90 Å². The summed E-state index contributed by atoms with van der Waals surface area (Å²) in [5, 5.41) is 21.1. The quantitative estimate of drug-likeness (QED) is 0.892. The van der Waals surface area contributed by atoms with E-state index >= 15 is 0 Å². The predicted octanol–water partition coefficient (Wildman–Crippen LogP) is 1.35. The van der Waals surface area contributed by atoms with Crippen LogP contribution in [0.4, 0.5) is 0 Å². The number of nitrogens with one attached hydrogen (secondary N) is 1. The number of carbonyl (C=O) groups is 1. The Kier molecular flexibility index (Phi) is 3.84. The molecule has 1 atom stereocenters. The number of aromatic nitrogens is 3. The summed E-state index contributed by atoms with van der Waals surface area (Å²) in [6.45, 7) is 0.966. The lowest BCUT2D eigenvalue weighted by atomic mass is 9.89.